The average molecular weight is 786 g/mol. The van der Waals surface area contributed by atoms with Gasteiger partial charge in [0.2, 0.25) is 11.8 Å². The Bertz CT molecular complexity index is 1850. The fraction of sp³-hybridized carbons (Fsp3) is 0.463. The summed E-state index contributed by atoms with van der Waals surface area (Å²) >= 11 is 5.41. The molecule has 55 heavy (non-hydrogen) atoms. The second-order valence-electron chi connectivity index (χ2n) is 14.0. The summed E-state index contributed by atoms with van der Waals surface area (Å²) in [6.07, 6.45) is 4.92. The number of fused-ring (bicyclic) bond motifs is 3. The van der Waals surface area contributed by atoms with Gasteiger partial charge in [0.05, 0.1) is 41.9 Å². The highest BCUT2D eigenvalue weighted by molar-refractivity contribution is 7.80. The van der Waals surface area contributed by atoms with E-state index in [2.05, 4.69) is 72.4 Å². The zero-order chi connectivity index (χ0) is 40.6. The molecule has 2 heterocycles. The summed E-state index contributed by atoms with van der Waals surface area (Å²) < 4.78 is 57.3. The van der Waals surface area contributed by atoms with E-state index in [-0.39, 0.29) is 49.9 Å². The van der Waals surface area contributed by atoms with E-state index in [0.717, 1.165) is 12.0 Å². The van der Waals surface area contributed by atoms with Gasteiger partial charge in [0.1, 0.15) is 11.4 Å². The number of nitrogens with zero attached hydrogens (tertiary/aromatic N) is 2. The monoisotopic (exact) mass is 785 g/mol. The molecule has 5 N–H and O–H groups in total. The molecule has 4 aromatic rings. The fourth-order valence-corrected chi connectivity index (χ4v) is 5.84. The van der Waals surface area contributed by atoms with Gasteiger partial charge in [0.25, 0.3) is 0 Å². The number of rotatable bonds is 14. The van der Waals surface area contributed by atoms with Crippen molar-refractivity contribution in [3.05, 3.63) is 102 Å². The number of hydrogen-bond donors (Lipinski definition) is 5. The lowest BCUT2D eigenvalue weighted by Crippen LogP contribution is -2.61. The number of amides is 2. The van der Waals surface area contributed by atoms with Gasteiger partial charge in [0.15, 0.2) is 0 Å². The summed E-state index contributed by atoms with van der Waals surface area (Å²) in [5, 5.41) is 12.2. The average Bonchev–Trinajstić information content (AvgIpc) is 3.81. The normalized spacial score (nSPS) is 14.8. The van der Waals surface area contributed by atoms with E-state index in [1.54, 1.807) is 24.7 Å². The number of nitrogens with one attached hydrogen (secondary N) is 5. The minimum absolute atomic E-state index is 0.0290. The van der Waals surface area contributed by atoms with Gasteiger partial charge in [-0.05, 0) is 42.0 Å². The first kappa shape index (κ1) is 44.7. The molecule has 0 radical (unpaired) electrons. The molecule has 1 aliphatic carbocycles. The van der Waals surface area contributed by atoms with Crippen LogP contribution < -0.4 is 21.3 Å². The van der Waals surface area contributed by atoms with Crippen LogP contribution in [0.2, 0.25) is 0 Å². The Morgan fingerprint density at radius 2 is 1.75 bits per heavy atom. The molecule has 2 aromatic heterocycles. The van der Waals surface area contributed by atoms with E-state index in [1.807, 2.05) is 10.8 Å². The van der Waals surface area contributed by atoms with Crippen molar-refractivity contribution in [2.24, 2.45) is 5.92 Å². The maximum absolute atomic E-state index is 14.0. The molecule has 0 saturated carbocycles. The zero-order valence-electron chi connectivity index (χ0n) is 32.5. The Morgan fingerprint density at radius 1 is 1.04 bits per heavy atom. The van der Waals surface area contributed by atoms with E-state index < -0.39 is 34.9 Å². The summed E-state index contributed by atoms with van der Waals surface area (Å²) in [6, 6.07) is 9.93. The topological polar surface area (TPSA) is 116 Å². The van der Waals surface area contributed by atoms with Crippen LogP contribution >= 0.6 is 12.2 Å². The van der Waals surface area contributed by atoms with E-state index in [4.69, 9.17) is 12.2 Å². The van der Waals surface area contributed by atoms with Crippen LogP contribution in [-0.2, 0) is 41.6 Å². The second-order valence-corrected chi connectivity index (χ2v) is 14.5. The standard InChI is InChI=1S/C32H33F4N7O2S.C5H12.C4H10/c1-20(17-39-27(44)15-21-5-2-3-8-25(21)33)42-31(30(45)40-18-28(46)38-12-14-43-13-11-37-19-43)10-9-26-23(16-31)22-6-4-7-24(29(22)41-26)32(34,35)36;1-4-5(2)3;1-3-4-2/h2-8,11,13,19,41-42H,1,9-10,12,14-18H2,(H,38,46)(H,39,44)(H,40,45);5H,4H2,1-3H3;3-4H2,1-2H3/t31-;;/m1../s1. The Kier molecular flexibility index (Phi) is 17.4. The van der Waals surface area contributed by atoms with E-state index in [0.29, 0.717) is 40.4 Å². The summed E-state index contributed by atoms with van der Waals surface area (Å²) in [4.78, 5) is 33.8. The van der Waals surface area contributed by atoms with Crippen LogP contribution in [0.5, 0.6) is 0 Å². The highest BCUT2D eigenvalue weighted by Gasteiger charge is 2.44. The smallest absolute Gasteiger partial charge is 0.376 e. The van der Waals surface area contributed by atoms with Crippen LogP contribution in [0.3, 0.4) is 0 Å². The number of para-hydroxylation sites is 1. The molecule has 2 amide bonds. The number of aryl methyl sites for hydroxylation is 1. The minimum atomic E-state index is -4.56. The third-order valence-corrected chi connectivity index (χ3v) is 9.54. The molecule has 300 valence electrons. The van der Waals surface area contributed by atoms with Gasteiger partial charge in [-0.15, -0.1) is 0 Å². The maximum atomic E-state index is 14.0. The highest BCUT2D eigenvalue weighted by atomic mass is 32.1. The molecular formula is C41H55F4N7O2S. The van der Waals surface area contributed by atoms with E-state index in [9.17, 15) is 27.2 Å². The van der Waals surface area contributed by atoms with Crippen LogP contribution in [0.4, 0.5) is 17.6 Å². The number of carbonyl (C=O) groups excluding carboxylic acids is 2. The van der Waals surface area contributed by atoms with Gasteiger partial charge in [-0.25, -0.2) is 9.37 Å². The van der Waals surface area contributed by atoms with Crippen molar-refractivity contribution in [1.82, 2.24) is 35.8 Å². The van der Waals surface area contributed by atoms with Crippen molar-refractivity contribution in [1.29, 1.82) is 0 Å². The number of hydrogen-bond acceptors (Lipinski definition) is 5. The minimum Gasteiger partial charge on any atom is -0.376 e. The number of halogens is 4. The van der Waals surface area contributed by atoms with E-state index >= 15 is 0 Å². The molecule has 5 rings (SSSR count). The largest absolute Gasteiger partial charge is 0.418 e. The predicted molar refractivity (Wildman–Crippen MR) is 215 cm³/mol. The van der Waals surface area contributed by atoms with Crippen LogP contribution in [0, 0.1) is 11.7 Å². The van der Waals surface area contributed by atoms with Crippen molar-refractivity contribution < 1.29 is 27.2 Å². The summed E-state index contributed by atoms with van der Waals surface area (Å²) in [5.41, 5.74) is -0.366. The van der Waals surface area contributed by atoms with Gasteiger partial charge in [-0.3, -0.25) is 9.59 Å². The molecule has 2 aromatic carbocycles. The Morgan fingerprint density at radius 3 is 2.36 bits per heavy atom. The molecule has 0 unspecified atom stereocenters. The third kappa shape index (κ3) is 13.5. The quantitative estimate of drug-likeness (QED) is 0.0659. The van der Waals surface area contributed by atoms with Gasteiger partial charge in [-0.2, -0.15) is 13.2 Å². The van der Waals surface area contributed by atoms with Gasteiger partial charge < -0.3 is 30.8 Å². The van der Waals surface area contributed by atoms with E-state index in [1.165, 1.54) is 43.5 Å². The number of benzene rings is 2. The van der Waals surface area contributed by atoms with Crippen molar-refractivity contribution in [2.75, 3.05) is 19.6 Å². The SMILES string of the molecule is C=C(CNC(=O)Cc1ccccc1F)N[C@]1(C(=O)NCC(=S)NCCn2ccnc2)CCc2[nH]c3c(C(F)(F)F)cccc3c2C1.CCC(C)C.CCCC. The summed E-state index contributed by atoms with van der Waals surface area (Å²) in [6.45, 7) is 16.1. The van der Waals surface area contributed by atoms with Crippen LogP contribution in [0.25, 0.3) is 10.9 Å². The number of H-pyrrole nitrogens is 1. The van der Waals surface area contributed by atoms with Crippen LogP contribution in [0.15, 0.2) is 73.5 Å². The lowest BCUT2D eigenvalue weighted by Gasteiger charge is -2.38. The first-order chi connectivity index (χ1) is 26.1. The molecule has 0 spiro atoms. The highest BCUT2D eigenvalue weighted by Crippen LogP contribution is 2.40. The van der Waals surface area contributed by atoms with Gasteiger partial charge in [-0.1, -0.05) is 103 Å². The lowest BCUT2D eigenvalue weighted by atomic mass is 9.78. The molecule has 0 fully saturated rings. The first-order valence-corrected chi connectivity index (χ1v) is 19.2. The van der Waals surface area contributed by atoms with Crippen molar-refractivity contribution >= 4 is 39.9 Å². The number of carbonyl (C=O) groups is 2. The molecule has 1 aliphatic rings. The number of alkyl halides is 3. The molecule has 1 atom stereocenters. The lowest BCUT2D eigenvalue weighted by molar-refractivity contribution is -0.136. The third-order valence-electron chi connectivity index (χ3n) is 9.25. The molecule has 0 bridgehead atoms. The number of aromatic amines is 1. The number of aromatic nitrogens is 3. The van der Waals surface area contributed by atoms with Crippen LogP contribution in [0.1, 0.15) is 82.7 Å². The maximum Gasteiger partial charge on any atom is 0.418 e. The zero-order valence-corrected chi connectivity index (χ0v) is 33.3. The first-order valence-electron chi connectivity index (χ1n) is 18.8. The molecular weight excluding hydrogens is 731 g/mol. The number of unbranched alkanes of at least 4 members (excludes halogenated alkanes) is 1. The van der Waals surface area contributed by atoms with Crippen molar-refractivity contribution in [3.63, 3.8) is 0 Å². The molecule has 0 aliphatic heterocycles. The summed E-state index contributed by atoms with van der Waals surface area (Å²) in [7, 11) is 0. The Balaban J connectivity index is 0.000000811. The number of imidazole rings is 1. The van der Waals surface area contributed by atoms with Crippen LogP contribution in [-0.4, -0.2) is 56.5 Å². The van der Waals surface area contributed by atoms with Gasteiger partial charge in [0, 0.05) is 48.7 Å². The Hall–Kier alpha value is -4.72. The van der Waals surface area contributed by atoms with Gasteiger partial charge >= 0.3 is 6.18 Å². The molecule has 14 heteroatoms. The van der Waals surface area contributed by atoms with Crippen molar-refractivity contribution in [3.8, 4) is 0 Å². The molecule has 0 saturated heterocycles. The fourth-order valence-electron chi connectivity index (χ4n) is 5.67. The van der Waals surface area contributed by atoms with Crippen molar-refractivity contribution in [2.45, 2.75) is 97.8 Å². The predicted octanol–water partition coefficient (Wildman–Crippen LogP) is 7.80. The second kappa shape index (κ2) is 21.4. The summed E-state index contributed by atoms with van der Waals surface area (Å²) in [5.74, 6) is -0.474. The molecule has 9 nitrogen and oxygen atoms in total. The number of thiocarbonyl (C=S) groups is 1. The Labute approximate surface area is 327 Å².